The van der Waals surface area contributed by atoms with Gasteiger partial charge in [-0.3, -0.25) is 4.79 Å². The highest BCUT2D eigenvalue weighted by molar-refractivity contribution is 7.89. The highest BCUT2D eigenvalue weighted by atomic mass is 35.5. The average Bonchev–Trinajstić information content (AvgIpc) is 3.01. The first kappa shape index (κ1) is 17.2. The maximum absolute atomic E-state index is 12.3. The second kappa shape index (κ2) is 7.40. The molecule has 2 aromatic rings. The van der Waals surface area contributed by atoms with Gasteiger partial charge < -0.3 is 4.42 Å². The van der Waals surface area contributed by atoms with Crippen molar-refractivity contribution in [2.45, 2.75) is 4.90 Å². The van der Waals surface area contributed by atoms with Crippen molar-refractivity contribution in [1.29, 1.82) is 0 Å². The first-order chi connectivity index (χ1) is 10.9. The summed E-state index contributed by atoms with van der Waals surface area (Å²) in [6, 6.07) is 9.02. The maximum atomic E-state index is 12.3. The molecule has 1 aromatic carbocycles. The van der Waals surface area contributed by atoms with Crippen LogP contribution in [0.5, 0.6) is 0 Å². The van der Waals surface area contributed by atoms with E-state index in [-0.39, 0.29) is 11.4 Å². The van der Waals surface area contributed by atoms with Crippen LogP contribution in [0.25, 0.3) is 0 Å². The molecule has 0 fully saturated rings. The van der Waals surface area contributed by atoms with Crippen LogP contribution in [0.1, 0.15) is 5.76 Å². The van der Waals surface area contributed by atoms with Gasteiger partial charge in [0.1, 0.15) is 5.76 Å². The van der Waals surface area contributed by atoms with E-state index in [2.05, 4.69) is 10.5 Å². The number of sulfonamides is 1. The highest BCUT2D eigenvalue weighted by Gasteiger charge is 2.22. The molecule has 0 unspecified atom stereocenters. The number of hydrogen-bond acceptors (Lipinski definition) is 5. The molecule has 0 aliphatic carbocycles. The summed E-state index contributed by atoms with van der Waals surface area (Å²) in [5.74, 6) is -0.111. The largest absolute Gasteiger partial charge is 0.463 e. The van der Waals surface area contributed by atoms with Gasteiger partial charge in [0.15, 0.2) is 0 Å². The SMILES string of the molecule is CN(CC(=O)N/N=C\c1ccco1)S(=O)(=O)c1ccc(Cl)cc1. The van der Waals surface area contributed by atoms with Gasteiger partial charge in [0.2, 0.25) is 10.0 Å². The van der Waals surface area contributed by atoms with Crippen molar-refractivity contribution >= 4 is 33.7 Å². The molecule has 0 spiro atoms. The van der Waals surface area contributed by atoms with E-state index in [9.17, 15) is 13.2 Å². The molecular formula is C14H14ClN3O4S. The van der Waals surface area contributed by atoms with Gasteiger partial charge in [0.25, 0.3) is 5.91 Å². The Bertz CT molecular complexity index is 786. The number of amides is 1. The fourth-order valence-corrected chi connectivity index (χ4v) is 2.89. The summed E-state index contributed by atoms with van der Waals surface area (Å²) in [5, 5.41) is 4.10. The lowest BCUT2D eigenvalue weighted by Crippen LogP contribution is -2.36. The first-order valence-corrected chi connectivity index (χ1v) is 8.29. The summed E-state index contributed by atoms with van der Waals surface area (Å²) < 4.78 is 30.5. The van der Waals surface area contributed by atoms with Gasteiger partial charge in [-0.2, -0.15) is 9.41 Å². The number of carbonyl (C=O) groups is 1. The van der Waals surface area contributed by atoms with E-state index in [1.807, 2.05) is 0 Å². The fraction of sp³-hybridized carbons (Fsp3) is 0.143. The number of likely N-dealkylation sites (N-methyl/N-ethyl adjacent to an activating group) is 1. The zero-order valence-electron chi connectivity index (χ0n) is 12.1. The van der Waals surface area contributed by atoms with Gasteiger partial charge >= 0.3 is 0 Å². The minimum absolute atomic E-state index is 0.0521. The summed E-state index contributed by atoms with van der Waals surface area (Å²) in [5.41, 5.74) is 2.23. The maximum Gasteiger partial charge on any atom is 0.255 e. The second-order valence-corrected chi connectivity index (χ2v) is 7.00. The highest BCUT2D eigenvalue weighted by Crippen LogP contribution is 2.17. The van der Waals surface area contributed by atoms with E-state index in [1.165, 1.54) is 43.8 Å². The van der Waals surface area contributed by atoms with Crippen molar-refractivity contribution in [2.75, 3.05) is 13.6 Å². The fourth-order valence-electron chi connectivity index (χ4n) is 1.64. The number of furan rings is 1. The van der Waals surface area contributed by atoms with Crippen LogP contribution in [0.4, 0.5) is 0 Å². The Hall–Kier alpha value is -2.16. The van der Waals surface area contributed by atoms with E-state index in [0.717, 1.165) is 4.31 Å². The Morgan fingerprint density at radius 2 is 2.04 bits per heavy atom. The molecule has 0 radical (unpaired) electrons. The van der Waals surface area contributed by atoms with E-state index < -0.39 is 15.9 Å². The lowest BCUT2D eigenvalue weighted by molar-refractivity contribution is -0.121. The predicted molar refractivity (Wildman–Crippen MR) is 85.7 cm³/mol. The summed E-state index contributed by atoms with van der Waals surface area (Å²) in [6.07, 6.45) is 2.78. The smallest absolute Gasteiger partial charge is 0.255 e. The van der Waals surface area contributed by atoms with Crippen LogP contribution in [0.2, 0.25) is 5.02 Å². The normalized spacial score (nSPS) is 12.0. The van der Waals surface area contributed by atoms with Crippen LogP contribution in [-0.2, 0) is 14.8 Å². The van der Waals surface area contributed by atoms with Gasteiger partial charge in [0, 0.05) is 12.1 Å². The van der Waals surface area contributed by atoms with Crippen LogP contribution in [0.15, 0.2) is 57.1 Å². The molecular weight excluding hydrogens is 342 g/mol. The van der Waals surface area contributed by atoms with Gasteiger partial charge in [0.05, 0.1) is 23.9 Å². The molecule has 2 rings (SSSR count). The molecule has 23 heavy (non-hydrogen) atoms. The minimum Gasteiger partial charge on any atom is -0.463 e. The van der Waals surface area contributed by atoms with E-state index in [4.69, 9.17) is 16.0 Å². The minimum atomic E-state index is -3.78. The number of rotatable bonds is 6. The van der Waals surface area contributed by atoms with Gasteiger partial charge in [-0.1, -0.05) is 11.6 Å². The van der Waals surface area contributed by atoms with Crippen molar-refractivity contribution in [2.24, 2.45) is 5.10 Å². The topological polar surface area (TPSA) is 92.0 Å². The van der Waals surface area contributed by atoms with Crippen LogP contribution in [-0.4, -0.2) is 38.4 Å². The van der Waals surface area contributed by atoms with E-state index in [1.54, 1.807) is 12.1 Å². The molecule has 0 aliphatic rings. The molecule has 0 bridgehead atoms. The van der Waals surface area contributed by atoms with Crippen LogP contribution in [0.3, 0.4) is 0 Å². The number of halogens is 1. The number of nitrogens with one attached hydrogen (secondary N) is 1. The molecule has 0 saturated carbocycles. The summed E-state index contributed by atoms with van der Waals surface area (Å²) in [4.78, 5) is 11.8. The van der Waals surface area contributed by atoms with Crippen molar-refractivity contribution in [1.82, 2.24) is 9.73 Å². The Balaban J connectivity index is 1.96. The molecule has 0 saturated heterocycles. The standard InChI is InChI=1S/C14H14ClN3O4S/c1-18(23(20,21)13-6-4-11(15)5-7-13)10-14(19)17-16-9-12-3-2-8-22-12/h2-9H,10H2,1H3,(H,17,19)/b16-9-. The van der Waals surface area contributed by atoms with E-state index in [0.29, 0.717) is 10.8 Å². The zero-order chi connectivity index (χ0) is 16.9. The molecule has 1 heterocycles. The number of nitrogens with zero attached hydrogens (tertiary/aromatic N) is 2. The number of hydrogen-bond donors (Lipinski definition) is 1. The van der Waals surface area contributed by atoms with Crippen LogP contribution in [0, 0.1) is 0 Å². The molecule has 1 aromatic heterocycles. The summed E-state index contributed by atoms with van der Waals surface area (Å²) in [6.45, 7) is -0.375. The number of carbonyl (C=O) groups excluding carboxylic acids is 1. The average molecular weight is 356 g/mol. The van der Waals surface area contributed by atoms with Crippen molar-refractivity contribution in [3.63, 3.8) is 0 Å². The van der Waals surface area contributed by atoms with Crippen molar-refractivity contribution in [3.8, 4) is 0 Å². The van der Waals surface area contributed by atoms with Gasteiger partial charge in [-0.05, 0) is 36.4 Å². The Labute approximate surface area is 138 Å². The Kier molecular flexibility index (Phi) is 5.54. The van der Waals surface area contributed by atoms with Crippen molar-refractivity contribution < 1.29 is 17.6 Å². The molecule has 1 amide bonds. The van der Waals surface area contributed by atoms with Crippen LogP contribution < -0.4 is 5.43 Å². The van der Waals surface area contributed by atoms with Crippen molar-refractivity contribution in [3.05, 3.63) is 53.4 Å². The second-order valence-electron chi connectivity index (χ2n) is 4.52. The Morgan fingerprint density at radius 1 is 1.35 bits per heavy atom. The number of benzene rings is 1. The monoisotopic (exact) mass is 355 g/mol. The van der Waals surface area contributed by atoms with Gasteiger partial charge in [-0.25, -0.2) is 13.8 Å². The number of hydrazone groups is 1. The van der Waals surface area contributed by atoms with Crippen LogP contribution >= 0.6 is 11.6 Å². The van der Waals surface area contributed by atoms with Gasteiger partial charge in [-0.15, -0.1) is 0 Å². The lowest BCUT2D eigenvalue weighted by atomic mass is 10.4. The first-order valence-electron chi connectivity index (χ1n) is 6.47. The molecule has 7 nitrogen and oxygen atoms in total. The third-order valence-electron chi connectivity index (χ3n) is 2.81. The third-order valence-corrected chi connectivity index (χ3v) is 4.88. The Morgan fingerprint density at radius 3 is 2.65 bits per heavy atom. The lowest BCUT2D eigenvalue weighted by Gasteiger charge is -2.16. The molecule has 122 valence electrons. The molecule has 9 heteroatoms. The summed E-state index contributed by atoms with van der Waals surface area (Å²) >= 11 is 5.73. The molecule has 1 N–H and O–H groups in total. The molecule has 0 aliphatic heterocycles. The van der Waals surface area contributed by atoms with E-state index >= 15 is 0 Å². The quantitative estimate of drug-likeness (QED) is 0.630. The molecule has 0 atom stereocenters. The predicted octanol–water partition coefficient (Wildman–Crippen LogP) is 1.70. The summed E-state index contributed by atoms with van der Waals surface area (Å²) in [7, 11) is -2.47. The third kappa shape index (κ3) is 4.65. The zero-order valence-corrected chi connectivity index (χ0v) is 13.7.